The second kappa shape index (κ2) is 4.80. The molecule has 7 heteroatoms. The Morgan fingerprint density at radius 3 is 2.38 bits per heavy atom. The number of carbonyl (C=O) groups is 2. The van der Waals surface area contributed by atoms with Crippen molar-refractivity contribution >= 4 is 29.0 Å². The maximum Gasteiger partial charge on any atom is 0.347 e. The third kappa shape index (κ3) is 2.05. The molecule has 0 aromatic heterocycles. The van der Waals surface area contributed by atoms with Crippen LogP contribution in [-0.2, 0) is 0 Å². The molecule has 2 aromatic carbocycles. The summed E-state index contributed by atoms with van der Waals surface area (Å²) in [7, 11) is 0. The first-order valence-corrected chi connectivity index (χ1v) is 6.17. The van der Waals surface area contributed by atoms with Crippen molar-refractivity contribution in [2.45, 2.75) is 0 Å². The van der Waals surface area contributed by atoms with Gasteiger partial charge in [-0.3, -0.25) is 10.0 Å². The van der Waals surface area contributed by atoms with Gasteiger partial charge in [0.15, 0.2) is 0 Å². The molecular weight excluding hydrogens is 272 g/mol. The van der Waals surface area contributed by atoms with Crippen LogP contribution in [0.5, 0.6) is 0 Å². The summed E-state index contributed by atoms with van der Waals surface area (Å²) >= 11 is 0. The molecule has 106 valence electrons. The van der Waals surface area contributed by atoms with Gasteiger partial charge in [0.05, 0.1) is 16.9 Å². The summed E-state index contributed by atoms with van der Waals surface area (Å²) in [4.78, 5) is 23.7. The Labute approximate surface area is 120 Å². The quantitative estimate of drug-likeness (QED) is 0.784. The van der Waals surface area contributed by atoms with Crippen LogP contribution in [0.25, 0.3) is 0 Å². The first-order chi connectivity index (χ1) is 10.1. The van der Waals surface area contributed by atoms with E-state index in [1.54, 1.807) is 36.4 Å². The minimum absolute atomic E-state index is 0.131. The zero-order valence-electron chi connectivity index (χ0n) is 10.9. The lowest BCUT2D eigenvalue weighted by Crippen LogP contribution is -2.51. The molecule has 0 saturated carbocycles. The molecule has 7 nitrogen and oxygen atoms in total. The van der Waals surface area contributed by atoms with Crippen molar-refractivity contribution in [2.75, 3.05) is 15.5 Å². The summed E-state index contributed by atoms with van der Waals surface area (Å²) in [6, 6.07) is 12.4. The van der Waals surface area contributed by atoms with Crippen LogP contribution in [0.1, 0.15) is 10.4 Å². The fourth-order valence-electron chi connectivity index (χ4n) is 2.19. The van der Waals surface area contributed by atoms with Crippen molar-refractivity contribution in [3.05, 3.63) is 54.1 Å². The van der Waals surface area contributed by atoms with E-state index in [1.165, 1.54) is 12.1 Å². The van der Waals surface area contributed by atoms with Crippen molar-refractivity contribution in [1.82, 2.24) is 0 Å². The second-order valence-corrected chi connectivity index (χ2v) is 4.43. The summed E-state index contributed by atoms with van der Waals surface area (Å²) in [5.74, 6) is -0.689. The van der Waals surface area contributed by atoms with E-state index >= 15 is 0 Å². The van der Waals surface area contributed by atoms with Crippen LogP contribution >= 0.6 is 0 Å². The number of nitrogens with one attached hydrogen (secondary N) is 1. The van der Waals surface area contributed by atoms with E-state index in [0.29, 0.717) is 16.5 Å². The lowest BCUT2D eigenvalue weighted by Gasteiger charge is -2.36. The highest BCUT2D eigenvalue weighted by Gasteiger charge is 2.32. The Balaban J connectivity index is 2.12. The maximum absolute atomic E-state index is 12.2. The molecule has 1 aliphatic heterocycles. The summed E-state index contributed by atoms with van der Waals surface area (Å²) in [5.41, 5.74) is 6.49. The molecule has 0 radical (unpaired) electrons. The second-order valence-electron chi connectivity index (χ2n) is 4.43. The minimum atomic E-state index is -0.689. The smallest absolute Gasteiger partial charge is 0.347 e. The van der Waals surface area contributed by atoms with Crippen molar-refractivity contribution in [3.63, 3.8) is 0 Å². The molecule has 0 spiro atoms. The number of nitrogens with two attached hydrogens (primary N) is 1. The summed E-state index contributed by atoms with van der Waals surface area (Å²) < 4.78 is 0. The van der Waals surface area contributed by atoms with Gasteiger partial charge in [0.2, 0.25) is 0 Å². The van der Waals surface area contributed by atoms with Gasteiger partial charge in [0.25, 0.3) is 5.91 Å². The van der Waals surface area contributed by atoms with Gasteiger partial charge in [0, 0.05) is 0 Å². The molecule has 0 atom stereocenters. The summed E-state index contributed by atoms with van der Waals surface area (Å²) in [6.45, 7) is 0. The van der Waals surface area contributed by atoms with Crippen molar-refractivity contribution < 1.29 is 14.8 Å². The van der Waals surface area contributed by atoms with Crippen molar-refractivity contribution in [2.24, 2.45) is 5.73 Å². The van der Waals surface area contributed by atoms with E-state index < -0.39 is 11.9 Å². The van der Waals surface area contributed by atoms with E-state index in [2.05, 4.69) is 5.32 Å². The third-order valence-corrected chi connectivity index (χ3v) is 3.14. The van der Waals surface area contributed by atoms with Crippen LogP contribution in [0.15, 0.2) is 48.5 Å². The number of anilines is 3. The van der Waals surface area contributed by atoms with E-state index in [9.17, 15) is 14.8 Å². The largest absolute Gasteiger partial charge is 0.366 e. The van der Waals surface area contributed by atoms with Crippen molar-refractivity contribution in [1.29, 1.82) is 0 Å². The van der Waals surface area contributed by atoms with Gasteiger partial charge in [-0.1, -0.05) is 24.3 Å². The Morgan fingerprint density at radius 2 is 1.67 bits per heavy atom. The average Bonchev–Trinajstić information content (AvgIpc) is 2.47. The number of hydrogen-bond donors (Lipinski definition) is 3. The number of benzene rings is 2. The van der Waals surface area contributed by atoms with Gasteiger partial charge in [-0.2, -0.15) is 10.2 Å². The van der Waals surface area contributed by atoms with Gasteiger partial charge in [-0.05, 0) is 24.3 Å². The molecule has 3 rings (SSSR count). The summed E-state index contributed by atoms with van der Waals surface area (Å²) in [6.07, 6.45) is 0. The first-order valence-electron chi connectivity index (χ1n) is 6.17. The van der Waals surface area contributed by atoms with Crippen LogP contribution in [0.3, 0.4) is 0 Å². The van der Waals surface area contributed by atoms with Gasteiger partial charge in [0.1, 0.15) is 5.69 Å². The van der Waals surface area contributed by atoms with E-state index in [1.807, 2.05) is 0 Å². The average molecular weight is 284 g/mol. The predicted octanol–water partition coefficient (Wildman–Crippen LogP) is 1.95. The molecule has 4 N–H and O–H groups in total. The SMILES string of the molecule is NC(=O)c1ccccc1N1C(=O)Nc2ccccc2N1O. The van der Waals surface area contributed by atoms with Crippen LogP contribution in [0.2, 0.25) is 0 Å². The van der Waals surface area contributed by atoms with Crippen LogP contribution < -0.4 is 21.2 Å². The standard InChI is InChI=1S/C14H12N4O3/c15-13(19)9-5-1-3-7-11(9)17-14(20)16-10-6-2-4-8-12(10)18(17)21/h1-8,21H,(H2,15,19)(H,16,20). The van der Waals surface area contributed by atoms with E-state index in [4.69, 9.17) is 5.73 Å². The molecule has 21 heavy (non-hydrogen) atoms. The molecule has 2 aromatic rings. The first kappa shape index (κ1) is 12.9. The number of hydrogen-bond acceptors (Lipinski definition) is 4. The number of urea groups is 1. The number of fused-ring (bicyclic) bond motifs is 1. The maximum atomic E-state index is 12.2. The normalized spacial score (nSPS) is 13.7. The number of carbonyl (C=O) groups excluding carboxylic acids is 2. The minimum Gasteiger partial charge on any atom is -0.366 e. The molecule has 0 aliphatic carbocycles. The number of amides is 3. The number of hydrazine groups is 1. The Hall–Kier alpha value is -3.06. The number of para-hydroxylation sites is 3. The Morgan fingerprint density at radius 1 is 1.05 bits per heavy atom. The molecule has 1 heterocycles. The van der Waals surface area contributed by atoms with Crippen LogP contribution in [0.4, 0.5) is 21.9 Å². The zero-order chi connectivity index (χ0) is 15.0. The lowest BCUT2D eigenvalue weighted by molar-refractivity contribution is 0.100. The van der Waals surface area contributed by atoms with Gasteiger partial charge < -0.3 is 11.1 Å². The number of primary amides is 1. The topological polar surface area (TPSA) is 98.9 Å². The molecule has 0 fully saturated rings. The highest BCUT2D eigenvalue weighted by atomic mass is 16.6. The van der Waals surface area contributed by atoms with Crippen LogP contribution in [-0.4, -0.2) is 17.1 Å². The lowest BCUT2D eigenvalue weighted by atomic mass is 10.1. The van der Waals surface area contributed by atoms with E-state index in [-0.39, 0.29) is 11.3 Å². The molecule has 3 amide bonds. The highest BCUT2D eigenvalue weighted by molar-refractivity contribution is 6.11. The molecule has 0 saturated heterocycles. The van der Waals surface area contributed by atoms with Crippen LogP contribution in [0, 0.1) is 0 Å². The monoisotopic (exact) mass is 284 g/mol. The number of rotatable bonds is 2. The Kier molecular flexibility index (Phi) is 2.96. The number of nitrogens with zero attached hydrogens (tertiary/aromatic N) is 2. The molecular formula is C14H12N4O3. The molecule has 0 bridgehead atoms. The fourth-order valence-corrected chi connectivity index (χ4v) is 2.19. The van der Waals surface area contributed by atoms with Gasteiger partial charge in [-0.15, -0.1) is 0 Å². The van der Waals surface area contributed by atoms with Crippen molar-refractivity contribution in [3.8, 4) is 0 Å². The van der Waals surface area contributed by atoms with Gasteiger partial charge in [-0.25, -0.2) is 4.79 Å². The molecule has 1 aliphatic rings. The Bertz CT molecular complexity index is 732. The highest BCUT2D eigenvalue weighted by Crippen LogP contribution is 2.33. The predicted molar refractivity (Wildman–Crippen MR) is 77.2 cm³/mol. The molecule has 0 unspecified atom stereocenters. The third-order valence-electron chi connectivity index (χ3n) is 3.14. The summed E-state index contributed by atoms with van der Waals surface area (Å²) in [5, 5.41) is 14.6. The fraction of sp³-hybridized carbons (Fsp3) is 0. The van der Waals surface area contributed by atoms with Gasteiger partial charge >= 0.3 is 6.03 Å². The zero-order valence-corrected chi connectivity index (χ0v) is 10.9. The van der Waals surface area contributed by atoms with E-state index in [0.717, 1.165) is 5.01 Å².